The van der Waals surface area contributed by atoms with Gasteiger partial charge in [-0.25, -0.2) is 0 Å². The van der Waals surface area contributed by atoms with Crippen LogP contribution in [-0.2, 0) is 16.2 Å². The molecule has 1 aliphatic heterocycles. The Morgan fingerprint density at radius 3 is 1.12 bits per heavy atom. The van der Waals surface area contributed by atoms with E-state index in [2.05, 4.69) is 219 Å². The third-order valence-corrected chi connectivity index (χ3v) is 13.8. The second-order valence-corrected chi connectivity index (χ2v) is 16.9. The van der Waals surface area contributed by atoms with Crippen molar-refractivity contribution in [2.45, 2.75) is 30.1 Å². The fourth-order valence-corrected chi connectivity index (χ4v) is 11.3. The summed E-state index contributed by atoms with van der Waals surface area (Å²) in [5.41, 5.74) is 19.6. The number of fused-ring (bicyclic) bond motifs is 8. The molecular formula is C57H41N3. The van der Waals surface area contributed by atoms with E-state index in [1.165, 1.54) is 78.1 Å². The van der Waals surface area contributed by atoms with Crippen molar-refractivity contribution in [3.63, 3.8) is 0 Å². The van der Waals surface area contributed by atoms with Crippen molar-refractivity contribution in [2.24, 2.45) is 0 Å². The molecule has 0 saturated carbocycles. The summed E-state index contributed by atoms with van der Waals surface area (Å²) < 4.78 is 0. The second kappa shape index (κ2) is 12.8. The van der Waals surface area contributed by atoms with Gasteiger partial charge in [-0.15, -0.1) is 0 Å². The van der Waals surface area contributed by atoms with Gasteiger partial charge in [-0.1, -0.05) is 166 Å². The number of nitrogens with zero attached hydrogens (tertiary/aromatic N) is 3. The molecule has 0 amide bonds. The molecule has 0 unspecified atom stereocenters. The second-order valence-electron chi connectivity index (χ2n) is 16.9. The summed E-state index contributed by atoms with van der Waals surface area (Å²) in [7, 11) is 0. The summed E-state index contributed by atoms with van der Waals surface area (Å²) in [6.45, 7) is 4.84. The molecule has 3 nitrogen and oxygen atoms in total. The summed E-state index contributed by atoms with van der Waals surface area (Å²) >= 11 is 0. The molecule has 2 aromatic heterocycles. The van der Waals surface area contributed by atoms with Crippen LogP contribution in [0, 0.1) is 0 Å². The molecule has 0 atom stereocenters. The number of aromatic nitrogens is 2. The number of para-hydroxylation sites is 1. The zero-order valence-electron chi connectivity index (χ0n) is 33.5. The molecule has 2 aliphatic carbocycles. The molecule has 3 heteroatoms. The number of hydrogen-bond acceptors (Lipinski definition) is 3. The van der Waals surface area contributed by atoms with Gasteiger partial charge in [-0.05, 0) is 114 Å². The summed E-state index contributed by atoms with van der Waals surface area (Å²) in [6, 6.07) is 69.8. The molecule has 60 heavy (non-hydrogen) atoms. The van der Waals surface area contributed by atoms with Crippen molar-refractivity contribution in [3.8, 4) is 22.3 Å². The van der Waals surface area contributed by atoms with E-state index in [0.717, 1.165) is 16.8 Å². The zero-order chi connectivity index (χ0) is 40.1. The van der Waals surface area contributed by atoms with Crippen molar-refractivity contribution in [3.05, 3.63) is 268 Å². The predicted octanol–water partition coefficient (Wildman–Crippen LogP) is 13.3. The lowest BCUT2D eigenvalue weighted by molar-refractivity contribution is 0.623. The van der Waals surface area contributed by atoms with Gasteiger partial charge in [0.25, 0.3) is 0 Å². The van der Waals surface area contributed by atoms with Crippen LogP contribution in [0.3, 0.4) is 0 Å². The van der Waals surface area contributed by atoms with Crippen LogP contribution in [0.25, 0.3) is 22.3 Å². The summed E-state index contributed by atoms with van der Waals surface area (Å²) in [6.07, 6.45) is 7.89. The maximum atomic E-state index is 4.74. The molecule has 0 spiro atoms. The van der Waals surface area contributed by atoms with Gasteiger partial charge in [-0.2, -0.15) is 0 Å². The Bertz CT molecular complexity index is 2850. The predicted molar refractivity (Wildman–Crippen MR) is 243 cm³/mol. The molecule has 0 N–H and O–H groups in total. The van der Waals surface area contributed by atoms with Crippen LogP contribution in [0.15, 0.2) is 213 Å². The first-order valence-corrected chi connectivity index (χ1v) is 20.9. The minimum absolute atomic E-state index is 0.399. The Kier molecular flexibility index (Phi) is 7.40. The van der Waals surface area contributed by atoms with Crippen LogP contribution in [0.2, 0.25) is 0 Å². The maximum absolute atomic E-state index is 4.74. The van der Waals surface area contributed by atoms with E-state index < -0.39 is 16.2 Å². The standard InChI is InChI=1S/C57H41N3/c1-55(2)51-34-38(56(40-16-14-32-58-36-40)47-24-10-6-20-43(47)44-21-7-11-25-48(44)56)28-30-53(51)60(42-18-4-3-5-19-42)54-31-29-39(35-52(54)55)57(41-17-15-33-59-37-41)49-26-12-8-22-45(49)46-23-9-13-27-50(46)57/h3-37H,1-2H3. The molecule has 7 aromatic carbocycles. The van der Waals surface area contributed by atoms with Crippen molar-refractivity contribution in [1.82, 2.24) is 9.97 Å². The highest BCUT2D eigenvalue weighted by atomic mass is 15.2. The molecule has 3 aliphatic rings. The largest absolute Gasteiger partial charge is 0.310 e. The number of pyridine rings is 2. The van der Waals surface area contributed by atoms with Gasteiger partial charge in [0, 0.05) is 35.9 Å². The van der Waals surface area contributed by atoms with E-state index >= 15 is 0 Å². The highest BCUT2D eigenvalue weighted by molar-refractivity contribution is 5.91. The molecule has 0 bridgehead atoms. The van der Waals surface area contributed by atoms with Crippen molar-refractivity contribution in [1.29, 1.82) is 0 Å². The molecule has 3 heterocycles. The van der Waals surface area contributed by atoms with Gasteiger partial charge in [-0.3, -0.25) is 9.97 Å². The Hall–Kier alpha value is -7.36. The van der Waals surface area contributed by atoms with E-state index in [9.17, 15) is 0 Å². The van der Waals surface area contributed by atoms with Gasteiger partial charge in [0.15, 0.2) is 0 Å². The van der Waals surface area contributed by atoms with Gasteiger partial charge in [0.2, 0.25) is 0 Å². The van der Waals surface area contributed by atoms with Crippen LogP contribution >= 0.6 is 0 Å². The first-order valence-electron chi connectivity index (χ1n) is 20.9. The van der Waals surface area contributed by atoms with E-state index in [1.54, 1.807) is 0 Å². The quantitative estimate of drug-likeness (QED) is 0.175. The molecule has 0 fully saturated rings. The molecule has 284 valence electrons. The van der Waals surface area contributed by atoms with Crippen LogP contribution in [0.5, 0.6) is 0 Å². The molecule has 0 radical (unpaired) electrons. The van der Waals surface area contributed by atoms with E-state index in [-0.39, 0.29) is 0 Å². The molecular weight excluding hydrogens is 727 g/mol. The highest BCUT2D eigenvalue weighted by Crippen LogP contribution is 2.61. The Labute approximate surface area is 351 Å². The minimum atomic E-state index is -0.562. The topological polar surface area (TPSA) is 29.0 Å². The van der Waals surface area contributed by atoms with E-state index in [0.29, 0.717) is 0 Å². The van der Waals surface area contributed by atoms with Crippen molar-refractivity contribution >= 4 is 17.1 Å². The first kappa shape index (κ1) is 34.7. The smallest absolute Gasteiger partial charge is 0.0728 e. The lowest BCUT2D eigenvalue weighted by atomic mass is 9.64. The van der Waals surface area contributed by atoms with Crippen LogP contribution in [0.4, 0.5) is 17.1 Å². The fraction of sp³-hybridized carbons (Fsp3) is 0.0877. The molecule has 0 saturated heterocycles. The van der Waals surface area contributed by atoms with Crippen LogP contribution in [-0.4, -0.2) is 9.97 Å². The third-order valence-electron chi connectivity index (χ3n) is 13.8. The average Bonchev–Trinajstić information content (AvgIpc) is 3.79. The average molecular weight is 768 g/mol. The normalized spacial score (nSPS) is 15.5. The summed E-state index contributed by atoms with van der Waals surface area (Å²) in [4.78, 5) is 12.0. The minimum Gasteiger partial charge on any atom is -0.310 e. The van der Waals surface area contributed by atoms with E-state index in [4.69, 9.17) is 9.97 Å². The number of hydrogen-bond donors (Lipinski definition) is 0. The van der Waals surface area contributed by atoms with Gasteiger partial charge in [0.05, 0.1) is 22.2 Å². The zero-order valence-corrected chi connectivity index (χ0v) is 33.5. The lowest BCUT2D eigenvalue weighted by Gasteiger charge is -2.44. The van der Waals surface area contributed by atoms with Gasteiger partial charge < -0.3 is 4.90 Å². The molecule has 12 rings (SSSR count). The van der Waals surface area contributed by atoms with Crippen LogP contribution in [0.1, 0.15) is 69.5 Å². The Morgan fingerprint density at radius 2 is 0.733 bits per heavy atom. The van der Waals surface area contributed by atoms with Gasteiger partial charge in [0.1, 0.15) is 0 Å². The van der Waals surface area contributed by atoms with Crippen molar-refractivity contribution in [2.75, 3.05) is 4.90 Å². The highest BCUT2D eigenvalue weighted by Gasteiger charge is 2.50. The Morgan fingerprint density at radius 1 is 0.350 bits per heavy atom. The fourth-order valence-electron chi connectivity index (χ4n) is 11.3. The lowest BCUT2D eigenvalue weighted by Crippen LogP contribution is -2.34. The number of rotatable bonds is 5. The number of benzene rings is 7. The summed E-state index contributed by atoms with van der Waals surface area (Å²) in [5, 5.41) is 0. The molecule has 9 aromatic rings. The van der Waals surface area contributed by atoms with Crippen LogP contribution < -0.4 is 4.90 Å². The first-order chi connectivity index (χ1) is 29.5. The Balaban J connectivity index is 1.15. The van der Waals surface area contributed by atoms with Crippen molar-refractivity contribution < 1.29 is 0 Å². The summed E-state index contributed by atoms with van der Waals surface area (Å²) in [5.74, 6) is 0. The number of anilines is 3. The SMILES string of the molecule is CC1(C)c2cc(C3(c4cccnc4)c4ccccc4-c4ccccc43)ccc2N(c2ccccc2)c2ccc(C3(c4cccnc4)c4ccccc4-c4ccccc43)cc21. The van der Waals surface area contributed by atoms with Gasteiger partial charge >= 0.3 is 0 Å². The third kappa shape index (κ3) is 4.49. The maximum Gasteiger partial charge on any atom is 0.0728 e. The van der Waals surface area contributed by atoms with E-state index in [1.807, 2.05) is 12.4 Å². The monoisotopic (exact) mass is 767 g/mol.